The smallest absolute Gasteiger partial charge is 0.187 e. The molecule has 31 nitrogen and oxygen atoms in total. The summed E-state index contributed by atoms with van der Waals surface area (Å²) >= 11 is 0. The van der Waals surface area contributed by atoms with Gasteiger partial charge in [0.1, 0.15) is 140 Å². The molecule has 0 unspecified atom stereocenters. The van der Waals surface area contributed by atoms with E-state index in [0.29, 0.717) is 12.8 Å². The molecule has 0 aromatic heterocycles. The Hall–Kier alpha value is -1.24. The number of aliphatic hydroxyl groups is 16. The van der Waals surface area contributed by atoms with Crippen molar-refractivity contribution in [3.63, 3.8) is 0 Å². The quantitative estimate of drug-likeness (QED) is 0.0519. The molecular formula is C40H68O31. The maximum absolute atomic E-state index is 11.8. The summed E-state index contributed by atoms with van der Waals surface area (Å²) in [5, 5.41) is 186. The molecule has 0 spiro atoms. The lowest BCUT2D eigenvalue weighted by Crippen LogP contribution is -2.69. The van der Waals surface area contributed by atoms with E-state index in [4.69, 9.17) is 61.6 Å². The summed E-state index contributed by atoms with van der Waals surface area (Å²) in [5.74, 6) is 0. The zero-order valence-corrected chi connectivity index (χ0v) is 38.0. The Bertz CT molecular complexity index is 1600. The van der Waals surface area contributed by atoms with Gasteiger partial charge in [0, 0.05) is 6.61 Å². The van der Waals surface area contributed by atoms with Crippen LogP contribution in [0.2, 0.25) is 0 Å². The van der Waals surface area contributed by atoms with Gasteiger partial charge in [-0.15, -0.1) is 0 Å². The second-order valence-electron chi connectivity index (χ2n) is 18.1. The molecular weight excluding hydrogens is 976 g/mol. The average molecular weight is 1040 g/mol. The number of rotatable bonds is 11. The molecule has 71 heavy (non-hydrogen) atoms. The summed E-state index contributed by atoms with van der Waals surface area (Å²) < 4.78 is 75.5. The highest BCUT2D eigenvalue weighted by molar-refractivity contribution is 5.01. The maximum Gasteiger partial charge on any atom is 0.187 e. The van der Waals surface area contributed by atoms with Gasteiger partial charge in [0.25, 0.3) is 0 Å². The molecule has 22 aliphatic heterocycles. The van der Waals surface area contributed by atoms with E-state index in [1.807, 2.05) is 6.92 Å². The lowest BCUT2D eigenvalue weighted by molar-refractivity contribution is -0.422. The van der Waals surface area contributed by atoms with Gasteiger partial charge in [0.05, 0.1) is 39.6 Å². The molecule has 22 heterocycles. The fourth-order valence-corrected chi connectivity index (χ4v) is 9.57. The summed E-state index contributed by atoms with van der Waals surface area (Å²) in [6, 6.07) is 0. The zero-order valence-electron chi connectivity index (χ0n) is 38.0. The van der Waals surface area contributed by atoms with Crippen molar-refractivity contribution in [3.8, 4) is 0 Å². The van der Waals surface area contributed by atoms with E-state index in [0.717, 1.165) is 0 Å². The molecule has 0 saturated carbocycles. The summed E-state index contributed by atoms with van der Waals surface area (Å²) in [6.45, 7) is -4.10. The van der Waals surface area contributed by atoms with Crippen LogP contribution < -0.4 is 0 Å². The SMILES string of the molecule is CCCCO[C@@H]1[C@@H](O)[C@H]2O[C@H]3[C@H](O)[C@@H](O)[C@@H](O[C@H]4[C@H](O)[C@@H](O)[C@@H](O[C@H]5[C@H](O)[C@@H](O)[C@@H](O[C@H]6[C@H](O)[C@@H](O)[C@@H](O[C@@H]7[C@H](OO)[C@@H](O)[C@@H](O[C@H]1[C@@H](CO)O2)O[C@@H]7CO)O[C@@H]6CO)O[C@@H]5CO)O[C@@H]4CO)O[C@@H]3CO. The molecule has 414 valence electrons. The molecule has 30 atom stereocenters. The third kappa shape index (κ3) is 11.7. The highest BCUT2D eigenvalue weighted by atomic mass is 17.1. The van der Waals surface area contributed by atoms with Crippen molar-refractivity contribution in [2.24, 2.45) is 0 Å². The molecule has 22 rings (SSSR count). The molecule has 0 radical (unpaired) electrons. The second kappa shape index (κ2) is 25.3. The number of hydrogen-bond donors (Lipinski definition) is 17. The fraction of sp³-hybridized carbons (Fsp3) is 1.00. The van der Waals surface area contributed by atoms with Crippen molar-refractivity contribution in [3.05, 3.63) is 0 Å². The lowest BCUT2D eigenvalue weighted by Gasteiger charge is -2.51. The van der Waals surface area contributed by atoms with Crippen molar-refractivity contribution in [1.82, 2.24) is 0 Å². The van der Waals surface area contributed by atoms with Crippen LogP contribution in [-0.4, -0.2) is 317 Å². The number of hydrogen-bond acceptors (Lipinski definition) is 31. The Labute approximate surface area is 403 Å². The van der Waals surface area contributed by atoms with Crippen LogP contribution in [0.15, 0.2) is 0 Å². The summed E-state index contributed by atoms with van der Waals surface area (Å²) in [7, 11) is 0. The van der Waals surface area contributed by atoms with Crippen LogP contribution in [0.25, 0.3) is 0 Å². The van der Waals surface area contributed by atoms with E-state index in [9.17, 15) is 87.0 Å². The van der Waals surface area contributed by atoms with Crippen LogP contribution in [0.5, 0.6) is 0 Å². The van der Waals surface area contributed by atoms with E-state index in [1.54, 1.807) is 0 Å². The minimum Gasteiger partial charge on any atom is -0.394 e. The minimum absolute atomic E-state index is 0.0514. The molecule has 0 aromatic rings. The predicted molar refractivity (Wildman–Crippen MR) is 216 cm³/mol. The van der Waals surface area contributed by atoms with Gasteiger partial charge in [-0.05, 0) is 6.42 Å². The van der Waals surface area contributed by atoms with Gasteiger partial charge in [-0.3, -0.25) is 5.26 Å². The Morgan fingerprint density at radius 1 is 0.310 bits per heavy atom. The van der Waals surface area contributed by atoms with E-state index in [-0.39, 0.29) is 6.61 Å². The Morgan fingerprint density at radius 3 is 0.817 bits per heavy atom. The Morgan fingerprint density at radius 2 is 0.549 bits per heavy atom. The predicted octanol–water partition coefficient (Wildman–Crippen LogP) is -10.7. The summed E-state index contributed by atoms with van der Waals surface area (Å²) in [5.41, 5.74) is 0. The highest BCUT2D eigenvalue weighted by Gasteiger charge is 2.59. The third-order valence-electron chi connectivity index (χ3n) is 13.5. The first-order valence-electron chi connectivity index (χ1n) is 23.2. The highest BCUT2D eigenvalue weighted by Crippen LogP contribution is 2.39. The molecule has 22 saturated heterocycles. The molecule has 31 heteroatoms. The van der Waals surface area contributed by atoms with Crippen molar-refractivity contribution in [2.75, 3.05) is 46.2 Å². The first kappa shape index (κ1) is 57.5. The van der Waals surface area contributed by atoms with Gasteiger partial charge >= 0.3 is 0 Å². The first-order valence-corrected chi connectivity index (χ1v) is 23.2. The van der Waals surface area contributed by atoms with Gasteiger partial charge in [0.2, 0.25) is 0 Å². The average Bonchev–Trinajstić information content (AvgIpc) is 3.36. The van der Waals surface area contributed by atoms with Crippen LogP contribution in [0.3, 0.4) is 0 Å². The van der Waals surface area contributed by atoms with Crippen LogP contribution in [-0.2, 0) is 66.5 Å². The molecule has 22 aliphatic rings. The van der Waals surface area contributed by atoms with Crippen LogP contribution >= 0.6 is 0 Å². The van der Waals surface area contributed by atoms with Gasteiger partial charge < -0.3 is 143 Å². The number of ether oxygens (including phenoxy) is 13. The summed E-state index contributed by atoms with van der Waals surface area (Å²) in [4.78, 5) is 4.57. The second-order valence-corrected chi connectivity index (χ2v) is 18.1. The van der Waals surface area contributed by atoms with Crippen molar-refractivity contribution in [2.45, 2.75) is 204 Å². The normalized spacial score (nSPS) is 52.3. The Balaban J connectivity index is 1.22. The first-order chi connectivity index (χ1) is 34.0. The molecule has 22 fully saturated rings. The molecule has 0 aromatic carbocycles. The standard InChI is InChI=1S/C40H68O31/c1-2-3-4-58-33-25(55)39-63-15(9-45)31(33)69-40-26(56)34(71-57)32(16(10-46)64-40)70-38-24(54)20(50)29(13(7-43)62-38)67-36-22(52)18(48)27(11(5-41)60-36)65-35-21(51)17(47)28(12(6-42)59-35)66-37-23(53)19(49)30(68-39)14(8-44)61-37/h11-57H,2-10H2,1H3/t11-,12-,13-,14-,15-,16-,17-,18-,19-,20-,21-,22-,23-,24-,25-,26-,27-,28-,29-,30-,31+,32+,33-,34-,35-,36-,37-,38-,39-,40-/m1/s1. The zero-order chi connectivity index (χ0) is 51.6. The van der Waals surface area contributed by atoms with Crippen molar-refractivity contribution >= 4 is 0 Å². The molecule has 12 bridgehead atoms. The largest absolute Gasteiger partial charge is 0.394 e. The van der Waals surface area contributed by atoms with Crippen LogP contribution in [0.1, 0.15) is 19.8 Å². The topological polar surface area (TPSA) is 473 Å². The van der Waals surface area contributed by atoms with Crippen LogP contribution in [0, 0.1) is 0 Å². The van der Waals surface area contributed by atoms with Gasteiger partial charge in [0.15, 0.2) is 43.8 Å². The Kier molecular flexibility index (Phi) is 20.5. The van der Waals surface area contributed by atoms with E-state index >= 15 is 0 Å². The maximum atomic E-state index is 11.8. The lowest BCUT2D eigenvalue weighted by atomic mass is 9.94. The van der Waals surface area contributed by atoms with E-state index < -0.39 is 224 Å². The summed E-state index contributed by atoms with van der Waals surface area (Å²) in [6.07, 6.45) is -55.9. The van der Waals surface area contributed by atoms with Gasteiger partial charge in [-0.2, -0.15) is 0 Å². The van der Waals surface area contributed by atoms with Crippen molar-refractivity contribution in [1.29, 1.82) is 0 Å². The van der Waals surface area contributed by atoms with E-state index in [2.05, 4.69) is 4.89 Å². The van der Waals surface area contributed by atoms with Gasteiger partial charge in [-0.25, -0.2) is 4.89 Å². The van der Waals surface area contributed by atoms with Gasteiger partial charge in [-0.1, -0.05) is 13.3 Å². The number of aliphatic hydroxyl groups excluding tert-OH is 16. The molecule has 0 amide bonds. The molecule has 17 N–H and O–H groups in total. The van der Waals surface area contributed by atoms with E-state index in [1.165, 1.54) is 0 Å². The minimum atomic E-state index is -2.16. The monoisotopic (exact) mass is 1040 g/mol. The molecule has 0 aliphatic carbocycles. The third-order valence-corrected chi connectivity index (χ3v) is 13.5. The van der Waals surface area contributed by atoms with Crippen LogP contribution in [0.4, 0.5) is 0 Å². The number of unbranched alkanes of at least 4 members (excludes halogenated alkanes) is 1. The fourth-order valence-electron chi connectivity index (χ4n) is 9.57. The van der Waals surface area contributed by atoms with Crippen molar-refractivity contribution < 1.29 is 153 Å².